The van der Waals surface area contributed by atoms with Gasteiger partial charge < -0.3 is 30.6 Å². The molecule has 7 rings (SSSR count). The van der Waals surface area contributed by atoms with Crippen molar-refractivity contribution < 1.29 is 31.8 Å². The summed E-state index contributed by atoms with van der Waals surface area (Å²) in [6.45, 7) is 5.68. The lowest BCUT2D eigenvalue weighted by atomic mass is 9.98. The molecule has 2 saturated heterocycles. The minimum atomic E-state index is -4.90. The maximum atomic E-state index is 16.9. The standard InChI is InChI=1S/C31H31ClF4N8O3/c1-14-10-19(37)40-25(22(14)31(34,35)36)20-23(32)27-21-26(24(20)33)41-30(47-13-16-11-17-12-43(16)6-8-45-17)42-29(21)44(7-9-46-27)15(2)18-4-3-5-39-28(18)38/h3-5,10,15-17H,6-9,11-13H2,1-2H3,(H2,37,40)(H2,38,39)/t15-,16-,17-/m1/s1. The predicted octanol–water partition coefficient (Wildman–Crippen LogP) is 5.18. The van der Waals surface area contributed by atoms with E-state index in [2.05, 4.69) is 19.9 Å². The summed E-state index contributed by atoms with van der Waals surface area (Å²) in [5.41, 5.74) is 9.59. The Bertz CT molecular complexity index is 1880. The van der Waals surface area contributed by atoms with E-state index in [1.165, 1.54) is 6.92 Å². The third-order valence-corrected chi connectivity index (χ3v) is 9.33. The lowest BCUT2D eigenvalue weighted by molar-refractivity contribution is -0.137. The Morgan fingerprint density at radius 2 is 1.98 bits per heavy atom. The molecule has 3 aliphatic heterocycles. The number of nitrogens with two attached hydrogens (primary N) is 2. The van der Waals surface area contributed by atoms with E-state index in [0.717, 1.165) is 25.6 Å². The highest BCUT2D eigenvalue weighted by molar-refractivity contribution is 6.36. The first-order chi connectivity index (χ1) is 22.4. The largest absolute Gasteiger partial charge is 0.489 e. The van der Waals surface area contributed by atoms with Crippen molar-refractivity contribution in [3.8, 4) is 23.0 Å². The summed E-state index contributed by atoms with van der Waals surface area (Å²) in [6, 6.07) is 4.03. The molecule has 0 spiro atoms. The van der Waals surface area contributed by atoms with E-state index >= 15 is 4.39 Å². The second-order valence-electron chi connectivity index (χ2n) is 11.9. The van der Waals surface area contributed by atoms with E-state index in [4.69, 9.17) is 42.3 Å². The number of alkyl halides is 3. The second-order valence-corrected chi connectivity index (χ2v) is 12.2. The Balaban J connectivity index is 1.44. The highest BCUT2D eigenvalue weighted by Gasteiger charge is 2.41. The van der Waals surface area contributed by atoms with Gasteiger partial charge in [0.15, 0.2) is 11.6 Å². The number of pyridine rings is 2. The van der Waals surface area contributed by atoms with Gasteiger partial charge in [0, 0.05) is 30.9 Å². The van der Waals surface area contributed by atoms with E-state index in [1.807, 2.05) is 17.9 Å². The molecule has 0 saturated carbocycles. The van der Waals surface area contributed by atoms with Crippen LogP contribution in [0, 0.1) is 12.7 Å². The first kappa shape index (κ1) is 31.4. The first-order valence-corrected chi connectivity index (χ1v) is 15.5. The number of nitrogen functional groups attached to an aromatic ring is 2. The third kappa shape index (κ3) is 5.49. The van der Waals surface area contributed by atoms with Crippen molar-refractivity contribution in [2.45, 2.75) is 44.6 Å². The molecule has 3 aliphatic rings. The molecule has 4 atom stereocenters. The minimum absolute atomic E-state index is 0.0180. The second kappa shape index (κ2) is 11.8. The van der Waals surface area contributed by atoms with Gasteiger partial charge in [-0.15, -0.1) is 0 Å². The Hall–Kier alpha value is -4.21. The summed E-state index contributed by atoms with van der Waals surface area (Å²) in [7, 11) is 0. The molecule has 4 N–H and O–H groups in total. The maximum absolute atomic E-state index is 16.9. The molecule has 1 unspecified atom stereocenters. The molecule has 0 amide bonds. The number of ether oxygens (including phenoxy) is 3. The van der Waals surface area contributed by atoms with Crippen LogP contribution in [0.5, 0.6) is 11.8 Å². The summed E-state index contributed by atoms with van der Waals surface area (Å²) in [5, 5.41) is -0.351. The number of morpholine rings is 1. The molecule has 2 fully saturated rings. The van der Waals surface area contributed by atoms with Crippen molar-refractivity contribution in [3.63, 3.8) is 0 Å². The zero-order chi connectivity index (χ0) is 33.2. The van der Waals surface area contributed by atoms with E-state index in [0.29, 0.717) is 12.2 Å². The number of hydrogen-bond donors (Lipinski definition) is 2. The van der Waals surface area contributed by atoms with Gasteiger partial charge >= 0.3 is 12.2 Å². The van der Waals surface area contributed by atoms with E-state index in [-0.39, 0.29) is 77.6 Å². The number of hydrogen-bond acceptors (Lipinski definition) is 11. The monoisotopic (exact) mass is 674 g/mol. The smallest absolute Gasteiger partial charge is 0.418 e. The first-order valence-electron chi connectivity index (χ1n) is 15.1. The number of aryl methyl sites for hydroxylation is 1. The molecule has 0 radical (unpaired) electrons. The van der Waals surface area contributed by atoms with Gasteiger partial charge in [-0.25, -0.2) is 14.4 Å². The number of rotatable bonds is 6. The van der Waals surface area contributed by atoms with Crippen molar-refractivity contribution in [2.75, 3.05) is 55.8 Å². The number of nitrogens with zero attached hydrogens (tertiary/aromatic N) is 6. The molecule has 1 aromatic carbocycles. The molecule has 248 valence electrons. The van der Waals surface area contributed by atoms with Gasteiger partial charge in [0.05, 0.1) is 52.5 Å². The van der Waals surface area contributed by atoms with Crippen molar-refractivity contribution in [1.82, 2.24) is 24.8 Å². The summed E-state index contributed by atoms with van der Waals surface area (Å²) in [6.07, 6.45) is -2.49. The van der Waals surface area contributed by atoms with Crippen LogP contribution < -0.4 is 25.8 Å². The number of halogens is 5. The van der Waals surface area contributed by atoms with Crippen LogP contribution in [0.3, 0.4) is 0 Å². The van der Waals surface area contributed by atoms with Crippen LogP contribution in [0.2, 0.25) is 5.02 Å². The number of anilines is 3. The topological polar surface area (TPSA) is 138 Å². The Kier molecular flexibility index (Phi) is 7.88. The average Bonchev–Trinajstić information content (AvgIpc) is 3.16. The summed E-state index contributed by atoms with van der Waals surface area (Å²) >= 11 is 6.78. The number of fused-ring (bicyclic) bond motifs is 2. The van der Waals surface area contributed by atoms with Gasteiger partial charge in [0.2, 0.25) is 0 Å². The van der Waals surface area contributed by atoms with Crippen LogP contribution in [0.25, 0.3) is 22.2 Å². The van der Waals surface area contributed by atoms with Gasteiger partial charge in [-0.2, -0.15) is 23.1 Å². The van der Waals surface area contributed by atoms with Crippen LogP contribution in [0.1, 0.15) is 36.1 Å². The average molecular weight is 675 g/mol. The molecule has 16 heteroatoms. The van der Waals surface area contributed by atoms with Gasteiger partial charge in [-0.05, 0) is 38.0 Å². The fourth-order valence-electron chi connectivity index (χ4n) is 6.78. The molecule has 3 aromatic heterocycles. The number of aromatic nitrogens is 4. The Labute approximate surface area is 271 Å². The lowest BCUT2D eigenvalue weighted by Crippen LogP contribution is -2.39. The maximum Gasteiger partial charge on any atom is 0.418 e. The minimum Gasteiger partial charge on any atom is -0.489 e. The molecule has 4 aromatic rings. The summed E-state index contributed by atoms with van der Waals surface area (Å²) < 4.78 is 78.1. The Morgan fingerprint density at radius 1 is 1.17 bits per heavy atom. The van der Waals surface area contributed by atoms with Crippen LogP contribution in [-0.4, -0.2) is 76.4 Å². The van der Waals surface area contributed by atoms with Crippen molar-refractivity contribution in [1.29, 1.82) is 0 Å². The molecular formula is C31H31ClF4N8O3. The van der Waals surface area contributed by atoms with Crippen molar-refractivity contribution in [2.24, 2.45) is 0 Å². The highest BCUT2D eigenvalue weighted by Crippen LogP contribution is 2.51. The molecule has 0 aliphatic carbocycles. The van der Waals surface area contributed by atoms with Gasteiger partial charge in [0.1, 0.15) is 36.2 Å². The van der Waals surface area contributed by atoms with Crippen LogP contribution >= 0.6 is 11.6 Å². The Morgan fingerprint density at radius 3 is 2.72 bits per heavy atom. The van der Waals surface area contributed by atoms with Gasteiger partial charge in [-0.3, -0.25) is 4.90 Å². The highest BCUT2D eigenvalue weighted by atomic mass is 35.5. The molecule has 47 heavy (non-hydrogen) atoms. The zero-order valence-electron chi connectivity index (χ0n) is 25.4. The molecular weight excluding hydrogens is 644 g/mol. The quantitative estimate of drug-likeness (QED) is 0.262. The van der Waals surface area contributed by atoms with Gasteiger partial charge in [0.25, 0.3) is 0 Å². The van der Waals surface area contributed by atoms with Gasteiger partial charge in [-0.1, -0.05) is 17.7 Å². The van der Waals surface area contributed by atoms with E-state index in [1.54, 1.807) is 12.3 Å². The molecule has 6 heterocycles. The lowest BCUT2D eigenvalue weighted by Gasteiger charge is -2.30. The van der Waals surface area contributed by atoms with Crippen LogP contribution in [0.15, 0.2) is 24.4 Å². The number of benzene rings is 1. The summed E-state index contributed by atoms with van der Waals surface area (Å²) in [5.74, 6) is -0.982. The fourth-order valence-corrected chi connectivity index (χ4v) is 7.10. The molecule has 2 bridgehead atoms. The molecule has 11 nitrogen and oxygen atoms in total. The zero-order valence-corrected chi connectivity index (χ0v) is 26.2. The van der Waals surface area contributed by atoms with Crippen molar-refractivity contribution >= 4 is 40.0 Å². The predicted molar refractivity (Wildman–Crippen MR) is 167 cm³/mol. The van der Waals surface area contributed by atoms with Crippen molar-refractivity contribution in [3.05, 3.63) is 51.9 Å². The normalized spacial score (nSPS) is 21.4. The third-order valence-electron chi connectivity index (χ3n) is 8.97. The van der Waals surface area contributed by atoms with E-state index in [9.17, 15) is 13.2 Å². The fraction of sp³-hybridized carbons (Fsp3) is 0.419. The van der Waals surface area contributed by atoms with Crippen LogP contribution in [0.4, 0.5) is 35.0 Å². The SMILES string of the molecule is Cc1cc(N)nc(-c2c(Cl)c3c4c(nc(OC[C@H]5C[C@@H]6CN5CCO6)nc4c2F)N([C@H](C)c2cccnc2N)CCO3)c1C(F)(F)F. The summed E-state index contributed by atoms with van der Waals surface area (Å²) in [4.78, 5) is 21.4. The van der Waals surface area contributed by atoms with E-state index < -0.39 is 39.9 Å². The van der Waals surface area contributed by atoms with Crippen LogP contribution in [-0.2, 0) is 10.9 Å².